The average Bonchev–Trinajstić information content (AvgIpc) is 2.93. The maximum atomic E-state index is 12.6. The van der Waals surface area contributed by atoms with E-state index in [4.69, 9.17) is 20.8 Å². The molecule has 1 heterocycles. The van der Waals surface area contributed by atoms with E-state index in [0.717, 1.165) is 0 Å². The van der Waals surface area contributed by atoms with Crippen LogP contribution in [-0.4, -0.2) is 18.7 Å². The maximum Gasteiger partial charge on any atom is 0.422 e. The second-order valence-corrected chi connectivity index (χ2v) is 6.44. The third kappa shape index (κ3) is 4.19. The second-order valence-electron chi connectivity index (χ2n) is 6.03. The zero-order valence-electron chi connectivity index (χ0n) is 14.4. The minimum atomic E-state index is -4.49. The van der Waals surface area contributed by atoms with Crippen LogP contribution in [0.4, 0.5) is 18.9 Å². The number of aryl methyl sites for hydroxylation is 2. The highest BCUT2D eigenvalue weighted by atomic mass is 35.5. The summed E-state index contributed by atoms with van der Waals surface area (Å²) in [5, 5.41) is 3.59. The van der Waals surface area contributed by atoms with Crippen LogP contribution in [0.15, 0.2) is 40.8 Å². The summed E-state index contributed by atoms with van der Waals surface area (Å²) in [5.74, 6) is -0.659. The van der Waals surface area contributed by atoms with Crippen molar-refractivity contribution < 1.29 is 27.1 Å². The molecule has 1 N–H and O–H groups in total. The number of hydrogen-bond acceptors (Lipinski definition) is 3. The normalized spacial score (nSPS) is 11.6. The first-order valence-corrected chi connectivity index (χ1v) is 8.32. The van der Waals surface area contributed by atoms with Crippen molar-refractivity contribution in [3.8, 4) is 5.75 Å². The summed E-state index contributed by atoms with van der Waals surface area (Å²) >= 11 is 6.08. The lowest BCUT2D eigenvalue weighted by Gasteiger charge is -2.14. The highest BCUT2D eigenvalue weighted by Gasteiger charge is 2.29. The predicted molar refractivity (Wildman–Crippen MR) is 96.6 cm³/mol. The molecule has 0 saturated carbocycles. The van der Waals surface area contributed by atoms with Crippen LogP contribution in [0.3, 0.4) is 0 Å². The number of carbonyl (C=O) groups is 1. The number of benzene rings is 2. The van der Waals surface area contributed by atoms with E-state index in [0.29, 0.717) is 27.1 Å². The van der Waals surface area contributed by atoms with Gasteiger partial charge in [0, 0.05) is 10.9 Å². The van der Waals surface area contributed by atoms with E-state index < -0.39 is 18.7 Å². The number of para-hydroxylation sites is 1. The van der Waals surface area contributed by atoms with Gasteiger partial charge >= 0.3 is 6.18 Å². The number of carbonyl (C=O) groups excluding carboxylic acids is 1. The molecule has 27 heavy (non-hydrogen) atoms. The van der Waals surface area contributed by atoms with Crippen molar-refractivity contribution in [2.45, 2.75) is 20.0 Å². The number of amides is 1. The molecule has 0 spiro atoms. The second kappa shape index (κ2) is 7.15. The van der Waals surface area contributed by atoms with Gasteiger partial charge in [-0.1, -0.05) is 29.8 Å². The van der Waals surface area contributed by atoms with Crippen LogP contribution < -0.4 is 10.1 Å². The Labute approximate surface area is 157 Å². The number of hydrogen-bond donors (Lipinski definition) is 1. The van der Waals surface area contributed by atoms with Gasteiger partial charge in [0.2, 0.25) is 0 Å². The fourth-order valence-electron chi connectivity index (χ4n) is 2.62. The van der Waals surface area contributed by atoms with E-state index in [9.17, 15) is 18.0 Å². The molecule has 0 aliphatic heterocycles. The van der Waals surface area contributed by atoms with E-state index in [1.165, 1.54) is 12.1 Å². The van der Waals surface area contributed by atoms with Crippen LogP contribution >= 0.6 is 11.6 Å². The Morgan fingerprint density at radius 1 is 1.22 bits per heavy atom. The van der Waals surface area contributed by atoms with Gasteiger partial charge in [0.05, 0.1) is 10.7 Å². The highest BCUT2D eigenvalue weighted by molar-refractivity contribution is 6.35. The van der Waals surface area contributed by atoms with Crippen molar-refractivity contribution in [1.82, 2.24) is 0 Å². The topological polar surface area (TPSA) is 51.5 Å². The summed E-state index contributed by atoms with van der Waals surface area (Å²) in [6, 6.07) is 9.68. The molecule has 3 aromatic rings. The molecule has 0 bridgehead atoms. The van der Waals surface area contributed by atoms with Crippen molar-refractivity contribution >= 4 is 34.2 Å². The molecule has 3 rings (SSSR count). The molecule has 0 atom stereocenters. The molecule has 1 aromatic heterocycles. The molecule has 4 nitrogen and oxygen atoms in total. The smallest absolute Gasteiger partial charge is 0.422 e. The Morgan fingerprint density at radius 3 is 2.63 bits per heavy atom. The summed E-state index contributed by atoms with van der Waals surface area (Å²) < 4.78 is 47.8. The lowest BCUT2D eigenvalue weighted by Crippen LogP contribution is -2.20. The van der Waals surface area contributed by atoms with Crippen molar-refractivity contribution in [2.24, 2.45) is 0 Å². The summed E-state index contributed by atoms with van der Waals surface area (Å²) in [5.41, 5.74) is 1.76. The Morgan fingerprint density at radius 2 is 1.96 bits per heavy atom. The van der Waals surface area contributed by atoms with Gasteiger partial charge in [-0.05, 0) is 37.6 Å². The number of ether oxygens (including phenoxy) is 1. The number of halogens is 4. The molecule has 0 aliphatic rings. The third-order valence-corrected chi connectivity index (χ3v) is 4.20. The van der Waals surface area contributed by atoms with Crippen LogP contribution in [0.1, 0.15) is 21.7 Å². The van der Waals surface area contributed by atoms with Gasteiger partial charge in [0.15, 0.2) is 18.0 Å². The van der Waals surface area contributed by atoms with Gasteiger partial charge < -0.3 is 14.5 Å². The number of furan rings is 1. The quantitative estimate of drug-likeness (QED) is 0.596. The van der Waals surface area contributed by atoms with E-state index >= 15 is 0 Å². The van der Waals surface area contributed by atoms with E-state index in [1.54, 1.807) is 38.1 Å². The summed E-state index contributed by atoms with van der Waals surface area (Å²) in [7, 11) is 0. The largest absolute Gasteiger partial charge is 0.482 e. The molecule has 0 unspecified atom stereocenters. The molecule has 8 heteroatoms. The van der Waals surface area contributed by atoms with Crippen molar-refractivity contribution in [3.05, 3.63) is 58.3 Å². The van der Waals surface area contributed by atoms with Gasteiger partial charge in [0.25, 0.3) is 5.91 Å². The number of alkyl halides is 3. The van der Waals surface area contributed by atoms with Gasteiger partial charge in [-0.15, -0.1) is 0 Å². The first-order chi connectivity index (χ1) is 12.7. The van der Waals surface area contributed by atoms with Crippen molar-refractivity contribution in [3.63, 3.8) is 0 Å². The van der Waals surface area contributed by atoms with E-state index in [2.05, 4.69) is 5.32 Å². The first-order valence-electron chi connectivity index (χ1n) is 7.95. The average molecular weight is 398 g/mol. The van der Waals surface area contributed by atoms with Gasteiger partial charge in [-0.2, -0.15) is 13.2 Å². The molecule has 0 saturated heterocycles. The minimum absolute atomic E-state index is 0.0282. The zero-order chi connectivity index (χ0) is 19.8. The highest BCUT2D eigenvalue weighted by Crippen LogP contribution is 2.32. The number of rotatable bonds is 4. The summed E-state index contributed by atoms with van der Waals surface area (Å²) in [6.45, 7) is 1.95. The molecule has 0 fully saturated rings. The van der Waals surface area contributed by atoms with Crippen LogP contribution in [0.5, 0.6) is 5.75 Å². The fourth-order valence-corrected chi connectivity index (χ4v) is 2.83. The maximum absolute atomic E-state index is 12.6. The molecule has 142 valence electrons. The van der Waals surface area contributed by atoms with Crippen LogP contribution in [-0.2, 0) is 0 Å². The van der Waals surface area contributed by atoms with Gasteiger partial charge in [-0.3, -0.25) is 4.79 Å². The standard InChI is InChI=1S/C19H15ClF3NO3/c1-10-6-7-14(15(8-10)26-9-19(21,22)23)24-18(25)16-11(2)12-4-3-5-13(20)17(12)27-16/h3-8H,9H2,1-2H3,(H,24,25). The number of anilines is 1. The SMILES string of the molecule is Cc1ccc(NC(=O)c2oc3c(Cl)cccc3c2C)c(OCC(F)(F)F)c1. The summed E-state index contributed by atoms with van der Waals surface area (Å²) in [6.07, 6.45) is -4.49. The van der Waals surface area contributed by atoms with Crippen molar-refractivity contribution in [2.75, 3.05) is 11.9 Å². The Hall–Kier alpha value is -2.67. The van der Waals surface area contributed by atoms with Crippen LogP contribution in [0, 0.1) is 13.8 Å². The lowest BCUT2D eigenvalue weighted by atomic mass is 10.1. The van der Waals surface area contributed by atoms with Crippen LogP contribution in [0.25, 0.3) is 11.0 Å². The molecule has 1 amide bonds. The van der Waals surface area contributed by atoms with Crippen LogP contribution in [0.2, 0.25) is 5.02 Å². The fraction of sp³-hybridized carbons (Fsp3) is 0.211. The molecule has 0 aliphatic carbocycles. The Balaban J connectivity index is 1.90. The summed E-state index contributed by atoms with van der Waals surface area (Å²) in [4.78, 5) is 12.6. The lowest BCUT2D eigenvalue weighted by molar-refractivity contribution is -0.153. The molecule has 2 aromatic carbocycles. The Kier molecular flexibility index (Phi) is 5.06. The molecular formula is C19H15ClF3NO3. The third-order valence-electron chi connectivity index (χ3n) is 3.90. The van der Waals surface area contributed by atoms with Crippen molar-refractivity contribution in [1.29, 1.82) is 0 Å². The number of nitrogens with one attached hydrogen (secondary N) is 1. The predicted octanol–water partition coefficient (Wildman–Crippen LogP) is 5.90. The molecular weight excluding hydrogens is 383 g/mol. The first kappa shape index (κ1) is 19.1. The van der Waals surface area contributed by atoms with E-state index in [-0.39, 0.29) is 17.2 Å². The minimum Gasteiger partial charge on any atom is -0.482 e. The monoisotopic (exact) mass is 397 g/mol. The Bertz CT molecular complexity index is 1010. The zero-order valence-corrected chi connectivity index (χ0v) is 15.2. The number of fused-ring (bicyclic) bond motifs is 1. The van der Waals surface area contributed by atoms with Gasteiger partial charge in [-0.25, -0.2) is 0 Å². The molecule has 0 radical (unpaired) electrons. The van der Waals surface area contributed by atoms with E-state index in [1.807, 2.05) is 0 Å². The van der Waals surface area contributed by atoms with Gasteiger partial charge in [0.1, 0.15) is 5.75 Å².